The number of benzene rings is 1. The van der Waals surface area contributed by atoms with Crippen LogP contribution in [0.5, 0.6) is 5.75 Å². The van der Waals surface area contributed by atoms with Crippen molar-refractivity contribution < 1.29 is 10.2 Å². The number of aliphatic hydroxyl groups is 1. The van der Waals surface area contributed by atoms with E-state index in [2.05, 4.69) is 0 Å². The Kier molecular flexibility index (Phi) is 3.38. The molecule has 0 radical (unpaired) electrons. The molecule has 0 bridgehead atoms. The first-order chi connectivity index (χ1) is 7.59. The van der Waals surface area contributed by atoms with Crippen molar-refractivity contribution in [3.8, 4) is 5.75 Å². The van der Waals surface area contributed by atoms with Crippen LogP contribution in [-0.2, 0) is 0 Å². The lowest BCUT2D eigenvalue weighted by Gasteiger charge is -2.34. The van der Waals surface area contributed by atoms with Crippen molar-refractivity contribution in [3.05, 3.63) is 28.8 Å². The second-order valence-corrected chi connectivity index (χ2v) is 4.85. The number of phenols is 1. The van der Waals surface area contributed by atoms with E-state index in [9.17, 15) is 10.2 Å². The Labute approximate surface area is 99.8 Å². The second-order valence-electron chi connectivity index (χ2n) is 4.41. The molecule has 88 valence electrons. The molecule has 0 aliphatic heterocycles. The maximum atomic E-state index is 10.0. The first-order valence-corrected chi connectivity index (χ1v) is 5.89. The van der Waals surface area contributed by atoms with E-state index in [1.807, 2.05) is 0 Å². The van der Waals surface area contributed by atoms with E-state index in [1.165, 1.54) is 6.07 Å². The van der Waals surface area contributed by atoms with Crippen molar-refractivity contribution in [1.29, 1.82) is 0 Å². The van der Waals surface area contributed by atoms with Crippen molar-refractivity contribution in [3.63, 3.8) is 0 Å². The molecule has 1 fully saturated rings. The Balaban J connectivity index is 2.18. The van der Waals surface area contributed by atoms with E-state index >= 15 is 0 Å². The summed E-state index contributed by atoms with van der Waals surface area (Å²) in [6, 6.07) is 4.15. The van der Waals surface area contributed by atoms with Gasteiger partial charge in [0.2, 0.25) is 0 Å². The predicted octanol–water partition coefficient (Wildman–Crippen LogP) is 2.21. The molecule has 1 aromatic carbocycles. The highest BCUT2D eigenvalue weighted by Gasteiger charge is 2.31. The fourth-order valence-electron chi connectivity index (χ4n) is 2.05. The van der Waals surface area contributed by atoms with Crippen molar-refractivity contribution in [2.45, 2.75) is 31.4 Å². The lowest BCUT2D eigenvalue weighted by molar-refractivity contribution is 0.0408. The summed E-state index contributed by atoms with van der Waals surface area (Å²) in [7, 11) is 0. The van der Waals surface area contributed by atoms with Crippen LogP contribution in [0.1, 0.15) is 30.9 Å². The van der Waals surface area contributed by atoms with Gasteiger partial charge in [0.05, 0.1) is 12.1 Å². The summed E-state index contributed by atoms with van der Waals surface area (Å²) in [4.78, 5) is 0. The van der Waals surface area contributed by atoms with Gasteiger partial charge in [-0.2, -0.15) is 0 Å². The van der Waals surface area contributed by atoms with Gasteiger partial charge in [-0.25, -0.2) is 0 Å². The van der Waals surface area contributed by atoms with Crippen molar-refractivity contribution in [1.82, 2.24) is 0 Å². The predicted molar refractivity (Wildman–Crippen MR) is 63.4 cm³/mol. The maximum Gasteiger partial charge on any atom is 0.120 e. The van der Waals surface area contributed by atoms with Crippen molar-refractivity contribution in [2.24, 2.45) is 11.7 Å². The zero-order valence-corrected chi connectivity index (χ0v) is 9.69. The number of aliphatic hydroxyl groups excluding tert-OH is 1. The molecule has 4 N–H and O–H groups in total. The number of rotatable bonds is 3. The monoisotopic (exact) mass is 241 g/mol. The molecule has 3 nitrogen and oxygen atoms in total. The van der Waals surface area contributed by atoms with Crippen LogP contribution in [0.4, 0.5) is 0 Å². The first kappa shape index (κ1) is 11.7. The number of halogens is 1. The van der Waals surface area contributed by atoms with Crippen LogP contribution in [-0.4, -0.2) is 16.3 Å². The van der Waals surface area contributed by atoms with Gasteiger partial charge in [-0.3, -0.25) is 0 Å². The molecule has 0 saturated heterocycles. The SMILES string of the molecule is N[C@H](c1cc(Cl)ccc1O)[C@@H](O)C1CCC1. The number of hydrogen-bond acceptors (Lipinski definition) is 3. The van der Waals surface area contributed by atoms with E-state index in [-0.39, 0.29) is 11.7 Å². The lowest BCUT2D eigenvalue weighted by atomic mass is 9.77. The summed E-state index contributed by atoms with van der Waals surface area (Å²) in [6.07, 6.45) is 2.57. The fourth-order valence-corrected chi connectivity index (χ4v) is 2.23. The number of aromatic hydroxyl groups is 1. The Morgan fingerprint density at radius 3 is 2.62 bits per heavy atom. The third-order valence-electron chi connectivity index (χ3n) is 3.35. The van der Waals surface area contributed by atoms with Gasteiger partial charge in [-0.15, -0.1) is 0 Å². The summed E-state index contributed by atoms with van der Waals surface area (Å²) < 4.78 is 0. The van der Waals surface area contributed by atoms with Crippen LogP contribution >= 0.6 is 11.6 Å². The van der Waals surface area contributed by atoms with Crippen molar-refractivity contribution >= 4 is 11.6 Å². The quantitative estimate of drug-likeness (QED) is 0.760. The average molecular weight is 242 g/mol. The number of phenolic OH excluding ortho intramolecular Hbond substituents is 1. The summed E-state index contributed by atoms with van der Waals surface area (Å²) in [6.45, 7) is 0. The van der Waals surface area contributed by atoms with Crippen LogP contribution in [0.15, 0.2) is 18.2 Å². The molecule has 2 atom stereocenters. The molecule has 1 aliphatic carbocycles. The smallest absolute Gasteiger partial charge is 0.120 e. The standard InChI is InChI=1S/C12H16ClNO2/c13-8-4-5-10(15)9(6-8)11(14)12(16)7-2-1-3-7/h4-7,11-12,15-16H,1-3,14H2/t11-,12+/m1/s1. The van der Waals surface area contributed by atoms with Gasteiger partial charge in [0.15, 0.2) is 0 Å². The molecule has 0 aromatic heterocycles. The molecule has 1 aromatic rings. The second kappa shape index (κ2) is 4.62. The molecule has 0 unspecified atom stereocenters. The third kappa shape index (κ3) is 2.17. The minimum atomic E-state index is -0.599. The average Bonchev–Trinajstić information content (AvgIpc) is 2.18. The molecule has 0 spiro atoms. The van der Waals surface area contributed by atoms with Gasteiger partial charge >= 0.3 is 0 Å². The molecule has 16 heavy (non-hydrogen) atoms. The Morgan fingerprint density at radius 2 is 2.06 bits per heavy atom. The van der Waals surface area contributed by atoms with Crippen LogP contribution in [0.3, 0.4) is 0 Å². The molecule has 0 heterocycles. The van der Waals surface area contributed by atoms with E-state index < -0.39 is 12.1 Å². The zero-order chi connectivity index (χ0) is 11.7. The van der Waals surface area contributed by atoms with Gasteiger partial charge in [0, 0.05) is 10.6 Å². The highest BCUT2D eigenvalue weighted by molar-refractivity contribution is 6.30. The van der Waals surface area contributed by atoms with Crippen LogP contribution in [0.25, 0.3) is 0 Å². The third-order valence-corrected chi connectivity index (χ3v) is 3.58. The Morgan fingerprint density at radius 1 is 1.38 bits per heavy atom. The molecular formula is C12H16ClNO2. The minimum absolute atomic E-state index is 0.0928. The number of hydrogen-bond donors (Lipinski definition) is 3. The molecule has 1 aliphatic rings. The molecule has 2 rings (SSSR count). The summed E-state index contributed by atoms with van der Waals surface area (Å²) in [5.41, 5.74) is 6.47. The Bertz CT molecular complexity index is 379. The lowest BCUT2D eigenvalue weighted by Crippen LogP contribution is -2.36. The van der Waals surface area contributed by atoms with E-state index in [1.54, 1.807) is 12.1 Å². The van der Waals surface area contributed by atoms with Gasteiger partial charge < -0.3 is 15.9 Å². The molecule has 0 amide bonds. The summed E-state index contributed by atoms with van der Waals surface area (Å²) >= 11 is 5.84. The molecule has 4 heteroatoms. The maximum absolute atomic E-state index is 10.0. The highest BCUT2D eigenvalue weighted by Crippen LogP contribution is 2.36. The van der Waals surface area contributed by atoms with Gasteiger partial charge in [0.25, 0.3) is 0 Å². The van der Waals surface area contributed by atoms with Crippen molar-refractivity contribution in [2.75, 3.05) is 0 Å². The van der Waals surface area contributed by atoms with Crippen LogP contribution in [0, 0.1) is 5.92 Å². The first-order valence-electron chi connectivity index (χ1n) is 5.51. The molecular weight excluding hydrogens is 226 g/mol. The van der Waals surface area contributed by atoms with Crippen LogP contribution < -0.4 is 5.73 Å². The van der Waals surface area contributed by atoms with Gasteiger partial charge in [-0.1, -0.05) is 18.0 Å². The normalized spacial score (nSPS) is 20.2. The van der Waals surface area contributed by atoms with E-state index in [0.29, 0.717) is 10.6 Å². The summed E-state index contributed by atoms with van der Waals surface area (Å²) in [5.74, 6) is 0.351. The zero-order valence-electron chi connectivity index (χ0n) is 8.94. The summed E-state index contributed by atoms with van der Waals surface area (Å²) in [5, 5.41) is 20.2. The fraction of sp³-hybridized carbons (Fsp3) is 0.500. The highest BCUT2D eigenvalue weighted by atomic mass is 35.5. The largest absolute Gasteiger partial charge is 0.508 e. The van der Waals surface area contributed by atoms with Crippen LogP contribution in [0.2, 0.25) is 5.02 Å². The molecule has 1 saturated carbocycles. The number of nitrogens with two attached hydrogens (primary N) is 1. The van der Waals surface area contributed by atoms with E-state index in [4.69, 9.17) is 17.3 Å². The minimum Gasteiger partial charge on any atom is -0.508 e. The van der Waals surface area contributed by atoms with Gasteiger partial charge in [-0.05, 0) is 37.0 Å². The van der Waals surface area contributed by atoms with E-state index in [0.717, 1.165) is 19.3 Å². The Hall–Kier alpha value is -0.770. The topological polar surface area (TPSA) is 66.5 Å². The van der Waals surface area contributed by atoms with Gasteiger partial charge in [0.1, 0.15) is 5.75 Å².